The molecule has 0 radical (unpaired) electrons. The van der Waals surface area contributed by atoms with Crippen molar-refractivity contribution < 1.29 is 8.42 Å². The molecule has 2 aromatic rings. The third-order valence-corrected chi connectivity index (χ3v) is 4.84. The summed E-state index contributed by atoms with van der Waals surface area (Å²) in [5.41, 5.74) is 6.76. The molecule has 21 heavy (non-hydrogen) atoms. The molecule has 1 aromatic heterocycles. The number of nitrogens with two attached hydrogens (primary N) is 1. The van der Waals surface area contributed by atoms with Crippen molar-refractivity contribution in [3.05, 3.63) is 30.4 Å². The summed E-state index contributed by atoms with van der Waals surface area (Å²) in [5, 5.41) is 9.62. The molecule has 1 aromatic carbocycles. The Labute approximate surface area is 123 Å². The minimum absolute atomic E-state index is 0.0946. The predicted molar refractivity (Wildman–Crippen MR) is 80.3 cm³/mol. The summed E-state index contributed by atoms with van der Waals surface area (Å²) in [6.07, 6.45) is 2.07. The normalized spacial score (nSPS) is 11.8. The molecule has 0 aliphatic heterocycles. The number of sulfonamides is 1. The zero-order valence-electron chi connectivity index (χ0n) is 11.9. The number of rotatable bonds is 6. The molecule has 0 amide bonds. The highest BCUT2D eigenvalue weighted by molar-refractivity contribution is 7.89. The molecule has 0 aliphatic rings. The molecule has 0 unspecified atom stereocenters. The van der Waals surface area contributed by atoms with E-state index in [1.165, 1.54) is 26.5 Å². The summed E-state index contributed by atoms with van der Waals surface area (Å²) in [4.78, 5) is 4.10. The summed E-state index contributed by atoms with van der Waals surface area (Å²) >= 11 is 0. The summed E-state index contributed by atoms with van der Waals surface area (Å²) < 4.78 is 25.5. The zero-order valence-corrected chi connectivity index (χ0v) is 12.7. The van der Waals surface area contributed by atoms with Crippen LogP contribution < -0.4 is 11.1 Å². The van der Waals surface area contributed by atoms with Crippen LogP contribution in [0, 0.1) is 0 Å². The maximum Gasteiger partial charge on any atom is 0.244 e. The van der Waals surface area contributed by atoms with Crippen molar-refractivity contribution in [2.75, 3.05) is 31.7 Å². The Balaban J connectivity index is 2.14. The number of aromatic amines is 1. The zero-order chi connectivity index (χ0) is 15.5. The Morgan fingerprint density at radius 1 is 1.38 bits per heavy atom. The van der Waals surface area contributed by atoms with E-state index in [0.717, 1.165) is 10.1 Å². The predicted octanol–water partition coefficient (Wildman–Crippen LogP) is 0.292. The van der Waals surface area contributed by atoms with Crippen molar-refractivity contribution in [3.8, 4) is 0 Å². The number of nitrogens with zero attached hydrogens (tertiary/aromatic N) is 3. The highest BCUT2D eigenvalue weighted by atomic mass is 32.2. The van der Waals surface area contributed by atoms with Crippen LogP contribution in [0.1, 0.15) is 5.82 Å². The average Bonchev–Trinajstić information content (AvgIpc) is 2.93. The van der Waals surface area contributed by atoms with Gasteiger partial charge in [0.2, 0.25) is 10.0 Å². The molecule has 0 aliphatic carbocycles. The number of hydrogen-bond acceptors (Lipinski definition) is 6. The van der Waals surface area contributed by atoms with Gasteiger partial charge in [0, 0.05) is 27.1 Å². The lowest BCUT2D eigenvalue weighted by molar-refractivity contribution is 0.521. The van der Waals surface area contributed by atoms with Crippen molar-refractivity contribution in [2.45, 2.75) is 11.3 Å². The number of anilines is 2. The molecule has 0 spiro atoms. The Hall–Kier alpha value is -2.13. The van der Waals surface area contributed by atoms with Crippen molar-refractivity contribution in [2.24, 2.45) is 0 Å². The summed E-state index contributed by atoms with van der Waals surface area (Å²) in [6.45, 7) is 0.560. The van der Waals surface area contributed by atoms with Crippen LogP contribution >= 0.6 is 0 Å². The molecule has 0 fully saturated rings. The topological polar surface area (TPSA) is 117 Å². The van der Waals surface area contributed by atoms with Crippen LogP contribution in [0.3, 0.4) is 0 Å². The van der Waals surface area contributed by atoms with Gasteiger partial charge in [-0.1, -0.05) is 6.07 Å². The number of hydrogen-bond donors (Lipinski definition) is 3. The fourth-order valence-electron chi connectivity index (χ4n) is 1.79. The Bertz CT molecular complexity index is 697. The fraction of sp³-hybridized carbons (Fsp3) is 0.333. The van der Waals surface area contributed by atoms with Gasteiger partial charge < -0.3 is 11.1 Å². The third kappa shape index (κ3) is 3.31. The van der Waals surface area contributed by atoms with Crippen LogP contribution in [0.5, 0.6) is 0 Å². The van der Waals surface area contributed by atoms with Gasteiger partial charge in [-0.05, 0) is 12.1 Å². The van der Waals surface area contributed by atoms with Crippen molar-refractivity contribution in [1.82, 2.24) is 19.5 Å². The maximum absolute atomic E-state index is 12.2. The Kier molecular flexibility index (Phi) is 4.43. The van der Waals surface area contributed by atoms with Crippen molar-refractivity contribution in [3.63, 3.8) is 0 Å². The number of para-hydroxylation sites is 1. The quantitative estimate of drug-likeness (QED) is 0.660. The first-order valence-electron chi connectivity index (χ1n) is 6.32. The van der Waals surface area contributed by atoms with E-state index in [1.54, 1.807) is 12.1 Å². The monoisotopic (exact) mass is 310 g/mol. The van der Waals surface area contributed by atoms with Crippen molar-refractivity contribution in [1.29, 1.82) is 0 Å². The van der Waals surface area contributed by atoms with Gasteiger partial charge in [0.25, 0.3) is 0 Å². The van der Waals surface area contributed by atoms with Crippen molar-refractivity contribution >= 4 is 21.4 Å². The maximum atomic E-state index is 12.2. The van der Waals surface area contributed by atoms with Gasteiger partial charge in [-0.2, -0.15) is 5.10 Å². The van der Waals surface area contributed by atoms with E-state index in [0.29, 0.717) is 18.7 Å². The number of nitrogen functional groups attached to an aromatic ring is 1. The number of nitrogens with one attached hydrogen (secondary N) is 2. The molecule has 114 valence electrons. The van der Waals surface area contributed by atoms with E-state index >= 15 is 0 Å². The van der Waals surface area contributed by atoms with E-state index in [-0.39, 0.29) is 10.6 Å². The smallest absolute Gasteiger partial charge is 0.244 e. The second-order valence-electron chi connectivity index (χ2n) is 4.61. The van der Waals surface area contributed by atoms with Crippen LogP contribution in [0.15, 0.2) is 29.4 Å². The fourth-order valence-corrected chi connectivity index (χ4v) is 2.82. The van der Waals surface area contributed by atoms with Crippen LogP contribution in [0.25, 0.3) is 0 Å². The number of H-pyrrole nitrogens is 1. The van der Waals surface area contributed by atoms with Crippen LogP contribution in [0.2, 0.25) is 0 Å². The first kappa shape index (κ1) is 15.3. The summed E-state index contributed by atoms with van der Waals surface area (Å²) in [6, 6.07) is 4.89. The van der Waals surface area contributed by atoms with Gasteiger partial charge in [0.15, 0.2) is 0 Å². The SMILES string of the molecule is CN(C)S(=O)(=O)c1cccc(NCCc2ncn[nH]2)c1N. The Morgan fingerprint density at radius 3 is 2.76 bits per heavy atom. The lowest BCUT2D eigenvalue weighted by atomic mass is 10.2. The second-order valence-corrected chi connectivity index (χ2v) is 6.73. The van der Waals surface area contributed by atoms with Gasteiger partial charge in [-0.25, -0.2) is 17.7 Å². The standard InChI is InChI=1S/C12H18N6O2S/c1-18(2)21(19,20)10-5-3-4-9(12(10)13)14-7-6-11-15-8-16-17-11/h3-5,8,14H,6-7,13H2,1-2H3,(H,15,16,17). The average molecular weight is 310 g/mol. The van der Waals surface area contributed by atoms with Crippen LogP contribution in [0.4, 0.5) is 11.4 Å². The van der Waals surface area contributed by atoms with Gasteiger partial charge in [0.05, 0.1) is 11.4 Å². The van der Waals surface area contributed by atoms with Gasteiger partial charge in [0.1, 0.15) is 17.0 Å². The van der Waals surface area contributed by atoms with Gasteiger partial charge >= 0.3 is 0 Å². The molecule has 0 saturated heterocycles. The number of benzene rings is 1. The van der Waals surface area contributed by atoms with E-state index < -0.39 is 10.0 Å². The molecular formula is C12H18N6O2S. The van der Waals surface area contributed by atoms with Gasteiger partial charge in [-0.3, -0.25) is 5.10 Å². The lowest BCUT2D eigenvalue weighted by Crippen LogP contribution is -2.23. The minimum Gasteiger partial charge on any atom is -0.396 e. The molecular weight excluding hydrogens is 292 g/mol. The van der Waals surface area contributed by atoms with E-state index in [9.17, 15) is 8.42 Å². The molecule has 4 N–H and O–H groups in total. The first-order valence-corrected chi connectivity index (χ1v) is 7.76. The second kappa shape index (κ2) is 6.10. The Morgan fingerprint density at radius 2 is 2.14 bits per heavy atom. The van der Waals surface area contributed by atoms with E-state index in [2.05, 4.69) is 20.5 Å². The van der Waals surface area contributed by atoms with Gasteiger partial charge in [-0.15, -0.1) is 0 Å². The largest absolute Gasteiger partial charge is 0.396 e. The molecule has 0 atom stereocenters. The number of aromatic nitrogens is 3. The molecule has 8 nitrogen and oxygen atoms in total. The van der Waals surface area contributed by atoms with Crippen LogP contribution in [-0.4, -0.2) is 48.5 Å². The highest BCUT2D eigenvalue weighted by Crippen LogP contribution is 2.28. The first-order chi connectivity index (χ1) is 9.93. The van der Waals surface area contributed by atoms with Crippen LogP contribution in [-0.2, 0) is 16.4 Å². The van der Waals surface area contributed by atoms with E-state index in [1.807, 2.05) is 0 Å². The lowest BCUT2D eigenvalue weighted by Gasteiger charge is -2.16. The molecule has 1 heterocycles. The highest BCUT2D eigenvalue weighted by Gasteiger charge is 2.21. The minimum atomic E-state index is -3.56. The van der Waals surface area contributed by atoms with E-state index in [4.69, 9.17) is 5.73 Å². The summed E-state index contributed by atoms with van der Waals surface area (Å²) in [7, 11) is -0.616. The third-order valence-electron chi connectivity index (χ3n) is 2.97. The molecule has 0 bridgehead atoms. The molecule has 9 heteroatoms. The molecule has 0 saturated carbocycles. The molecule has 2 rings (SSSR count). The summed E-state index contributed by atoms with van der Waals surface area (Å²) in [5.74, 6) is 0.748.